The summed E-state index contributed by atoms with van der Waals surface area (Å²) >= 11 is 0. The standard InChI is InChI=1S/C13H22N2O2/c1-9(10-7-14-8-10)12(16)15-11-4-5-17-13(2,3)6-11/h11,14H,4-8H2,1-3H3,(H,15,16). The molecule has 0 spiro atoms. The van der Waals surface area contributed by atoms with Crippen molar-refractivity contribution in [1.29, 1.82) is 0 Å². The maximum absolute atomic E-state index is 12.0. The molecule has 1 atom stereocenters. The van der Waals surface area contributed by atoms with Gasteiger partial charge in [0.2, 0.25) is 5.91 Å². The van der Waals surface area contributed by atoms with Gasteiger partial charge in [-0.05, 0) is 39.2 Å². The Morgan fingerprint density at radius 1 is 1.47 bits per heavy atom. The molecule has 2 fully saturated rings. The zero-order chi connectivity index (χ0) is 12.5. The Bertz CT molecular complexity index is 341. The summed E-state index contributed by atoms with van der Waals surface area (Å²) in [5, 5.41) is 6.27. The molecule has 96 valence electrons. The van der Waals surface area contributed by atoms with Gasteiger partial charge >= 0.3 is 0 Å². The normalized spacial score (nSPS) is 27.2. The van der Waals surface area contributed by atoms with E-state index >= 15 is 0 Å². The molecular weight excluding hydrogens is 216 g/mol. The largest absolute Gasteiger partial charge is 0.375 e. The molecule has 2 aliphatic heterocycles. The minimum atomic E-state index is -0.116. The zero-order valence-electron chi connectivity index (χ0n) is 10.9. The first-order valence-electron chi connectivity index (χ1n) is 6.32. The van der Waals surface area contributed by atoms with Crippen LogP contribution in [-0.4, -0.2) is 37.2 Å². The van der Waals surface area contributed by atoms with Crippen LogP contribution < -0.4 is 10.6 Å². The molecule has 0 aromatic carbocycles. The van der Waals surface area contributed by atoms with Gasteiger partial charge in [0, 0.05) is 31.3 Å². The van der Waals surface area contributed by atoms with E-state index in [9.17, 15) is 4.79 Å². The molecule has 2 heterocycles. The van der Waals surface area contributed by atoms with Gasteiger partial charge in [0.25, 0.3) is 0 Å². The average molecular weight is 238 g/mol. The van der Waals surface area contributed by atoms with E-state index in [0.29, 0.717) is 0 Å². The molecule has 17 heavy (non-hydrogen) atoms. The topological polar surface area (TPSA) is 50.4 Å². The third-order valence-corrected chi connectivity index (χ3v) is 3.58. The smallest absolute Gasteiger partial charge is 0.247 e. The third kappa shape index (κ3) is 3.07. The first-order chi connectivity index (χ1) is 7.98. The highest BCUT2D eigenvalue weighted by atomic mass is 16.5. The molecule has 1 unspecified atom stereocenters. The van der Waals surface area contributed by atoms with Gasteiger partial charge in [-0.1, -0.05) is 0 Å². The van der Waals surface area contributed by atoms with E-state index in [1.807, 2.05) is 6.92 Å². The molecule has 2 aliphatic rings. The molecule has 4 nitrogen and oxygen atoms in total. The van der Waals surface area contributed by atoms with Crippen LogP contribution in [0.25, 0.3) is 0 Å². The number of amides is 1. The van der Waals surface area contributed by atoms with Crippen LogP contribution in [0.1, 0.15) is 33.6 Å². The molecule has 1 amide bonds. The summed E-state index contributed by atoms with van der Waals surface area (Å²) in [6, 6.07) is 0.245. The van der Waals surface area contributed by atoms with E-state index in [1.54, 1.807) is 0 Å². The number of ether oxygens (including phenoxy) is 1. The van der Waals surface area contributed by atoms with Crippen molar-refractivity contribution in [2.45, 2.75) is 45.3 Å². The highest BCUT2D eigenvalue weighted by Gasteiger charge is 2.30. The summed E-state index contributed by atoms with van der Waals surface area (Å²) in [6.07, 6.45) is 1.80. The van der Waals surface area contributed by atoms with Crippen molar-refractivity contribution >= 4 is 5.91 Å². The van der Waals surface area contributed by atoms with Crippen LogP contribution in [0.15, 0.2) is 11.1 Å². The Hall–Kier alpha value is -0.870. The van der Waals surface area contributed by atoms with Crippen molar-refractivity contribution in [3.8, 4) is 0 Å². The maximum Gasteiger partial charge on any atom is 0.247 e. The predicted molar refractivity (Wildman–Crippen MR) is 66.8 cm³/mol. The summed E-state index contributed by atoms with van der Waals surface area (Å²) < 4.78 is 5.64. The van der Waals surface area contributed by atoms with Crippen LogP contribution in [0, 0.1) is 0 Å². The van der Waals surface area contributed by atoms with Crippen LogP contribution in [0.4, 0.5) is 0 Å². The number of hydrogen-bond donors (Lipinski definition) is 2. The summed E-state index contributed by atoms with van der Waals surface area (Å²) in [4.78, 5) is 12.0. The van der Waals surface area contributed by atoms with Crippen molar-refractivity contribution in [2.24, 2.45) is 0 Å². The Morgan fingerprint density at radius 3 is 2.71 bits per heavy atom. The molecule has 4 heteroatoms. The Balaban J connectivity index is 1.90. The lowest BCUT2D eigenvalue weighted by molar-refractivity contribution is -0.120. The quantitative estimate of drug-likeness (QED) is 0.705. The van der Waals surface area contributed by atoms with E-state index < -0.39 is 0 Å². The fourth-order valence-electron chi connectivity index (χ4n) is 2.32. The summed E-state index contributed by atoms with van der Waals surface area (Å²) in [7, 11) is 0. The van der Waals surface area contributed by atoms with Crippen LogP contribution in [-0.2, 0) is 9.53 Å². The van der Waals surface area contributed by atoms with E-state index in [0.717, 1.165) is 38.1 Å². The Kier molecular flexibility index (Phi) is 3.54. The predicted octanol–water partition coefficient (Wildman–Crippen LogP) is 0.980. The fraction of sp³-hybridized carbons (Fsp3) is 0.769. The van der Waals surface area contributed by atoms with Crippen molar-refractivity contribution in [1.82, 2.24) is 10.6 Å². The van der Waals surface area contributed by atoms with Crippen molar-refractivity contribution < 1.29 is 9.53 Å². The van der Waals surface area contributed by atoms with Gasteiger partial charge in [-0.3, -0.25) is 4.79 Å². The second-order valence-corrected chi connectivity index (χ2v) is 5.60. The lowest BCUT2D eigenvalue weighted by atomic mass is 9.93. The van der Waals surface area contributed by atoms with Crippen LogP contribution in [0.5, 0.6) is 0 Å². The Morgan fingerprint density at radius 2 is 2.18 bits per heavy atom. The SMILES string of the molecule is CC(C(=O)NC1CCOC(C)(C)C1)=C1CNC1. The molecular formula is C13H22N2O2. The van der Waals surface area contributed by atoms with Gasteiger partial charge in [0.05, 0.1) is 5.60 Å². The first kappa shape index (κ1) is 12.6. The number of carbonyl (C=O) groups excluding carboxylic acids is 1. The van der Waals surface area contributed by atoms with E-state index in [1.165, 1.54) is 5.57 Å². The molecule has 2 rings (SSSR count). The molecule has 2 saturated heterocycles. The summed E-state index contributed by atoms with van der Waals surface area (Å²) in [6.45, 7) is 8.52. The van der Waals surface area contributed by atoms with E-state index in [-0.39, 0.29) is 17.6 Å². The minimum Gasteiger partial charge on any atom is -0.375 e. The van der Waals surface area contributed by atoms with E-state index in [2.05, 4.69) is 24.5 Å². The van der Waals surface area contributed by atoms with Gasteiger partial charge in [0.1, 0.15) is 0 Å². The maximum atomic E-state index is 12.0. The van der Waals surface area contributed by atoms with Crippen LogP contribution >= 0.6 is 0 Å². The average Bonchev–Trinajstić information content (AvgIpc) is 2.12. The molecule has 0 bridgehead atoms. The molecule has 0 aromatic heterocycles. The zero-order valence-corrected chi connectivity index (χ0v) is 10.9. The summed E-state index contributed by atoms with van der Waals surface area (Å²) in [5.74, 6) is 0.0872. The lowest BCUT2D eigenvalue weighted by Crippen LogP contribution is -2.47. The van der Waals surface area contributed by atoms with Gasteiger partial charge in [-0.15, -0.1) is 0 Å². The van der Waals surface area contributed by atoms with Crippen LogP contribution in [0.3, 0.4) is 0 Å². The number of nitrogens with one attached hydrogen (secondary N) is 2. The van der Waals surface area contributed by atoms with Crippen molar-refractivity contribution in [2.75, 3.05) is 19.7 Å². The molecule has 0 radical (unpaired) electrons. The second-order valence-electron chi connectivity index (χ2n) is 5.60. The third-order valence-electron chi connectivity index (χ3n) is 3.58. The highest BCUT2D eigenvalue weighted by Crippen LogP contribution is 2.24. The van der Waals surface area contributed by atoms with Crippen molar-refractivity contribution in [3.63, 3.8) is 0 Å². The molecule has 0 aromatic rings. The van der Waals surface area contributed by atoms with E-state index in [4.69, 9.17) is 4.74 Å². The molecule has 0 saturated carbocycles. The van der Waals surface area contributed by atoms with Gasteiger partial charge < -0.3 is 15.4 Å². The van der Waals surface area contributed by atoms with Gasteiger partial charge in [-0.2, -0.15) is 0 Å². The second kappa shape index (κ2) is 4.78. The number of hydrogen-bond acceptors (Lipinski definition) is 3. The summed E-state index contributed by atoms with van der Waals surface area (Å²) in [5.41, 5.74) is 2.00. The lowest BCUT2D eigenvalue weighted by Gasteiger charge is -2.36. The monoisotopic (exact) mass is 238 g/mol. The van der Waals surface area contributed by atoms with Gasteiger partial charge in [-0.25, -0.2) is 0 Å². The first-order valence-corrected chi connectivity index (χ1v) is 6.32. The minimum absolute atomic E-state index is 0.0872. The molecule has 2 N–H and O–H groups in total. The van der Waals surface area contributed by atoms with Gasteiger partial charge in [0.15, 0.2) is 0 Å². The highest BCUT2D eigenvalue weighted by molar-refractivity contribution is 5.94. The number of carbonyl (C=O) groups is 1. The Labute approximate surface area is 103 Å². The van der Waals surface area contributed by atoms with Crippen molar-refractivity contribution in [3.05, 3.63) is 11.1 Å². The fourth-order valence-corrected chi connectivity index (χ4v) is 2.32. The number of rotatable bonds is 2. The van der Waals surface area contributed by atoms with Crippen LogP contribution in [0.2, 0.25) is 0 Å². The molecule has 0 aliphatic carbocycles.